The van der Waals surface area contributed by atoms with Crippen LogP contribution >= 0.6 is 0 Å². The van der Waals surface area contributed by atoms with Crippen LogP contribution in [-0.2, 0) is 0 Å². The molecule has 6 N–H and O–H groups in total. The highest BCUT2D eigenvalue weighted by Crippen LogP contribution is 2.04. The Morgan fingerprint density at radius 1 is 1.29 bits per heavy atom. The number of amidine groups is 1. The Labute approximate surface area is 102 Å². The molecule has 0 saturated carbocycles. The second kappa shape index (κ2) is 6.72. The summed E-state index contributed by atoms with van der Waals surface area (Å²) in [5.41, 5.74) is 8.74. The lowest BCUT2D eigenvalue weighted by molar-refractivity contribution is 0.308. The monoisotopic (exact) mass is 236 g/mol. The Kier molecular flexibility index (Phi) is 5.25. The van der Waals surface area contributed by atoms with E-state index in [9.17, 15) is 0 Å². The van der Waals surface area contributed by atoms with E-state index in [-0.39, 0.29) is 5.82 Å². The third kappa shape index (κ3) is 4.71. The summed E-state index contributed by atoms with van der Waals surface area (Å²) in [5, 5.41) is 3.28. The van der Waals surface area contributed by atoms with Gasteiger partial charge in [0.25, 0.3) is 0 Å². The molecule has 1 rings (SSSR count). The van der Waals surface area contributed by atoms with Crippen molar-refractivity contribution in [3.63, 3.8) is 0 Å². The first kappa shape index (κ1) is 13.3. The van der Waals surface area contributed by atoms with E-state index < -0.39 is 0 Å². The van der Waals surface area contributed by atoms with Crippen molar-refractivity contribution in [3.05, 3.63) is 36.8 Å². The van der Waals surface area contributed by atoms with E-state index >= 15 is 0 Å². The van der Waals surface area contributed by atoms with Crippen LogP contribution < -0.4 is 22.3 Å². The van der Waals surface area contributed by atoms with E-state index in [0.717, 1.165) is 31.9 Å². The molecule has 6 nitrogen and oxygen atoms in total. The zero-order valence-corrected chi connectivity index (χ0v) is 9.95. The molecule has 1 fully saturated rings. The summed E-state index contributed by atoms with van der Waals surface area (Å²) in [7, 11) is 0. The van der Waals surface area contributed by atoms with Gasteiger partial charge in [-0.3, -0.25) is 0 Å². The molecule has 1 heterocycles. The molecule has 0 bridgehead atoms. The lowest BCUT2D eigenvalue weighted by Gasteiger charge is -2.29. The first-order valence-corrected chi connectivity index (χ1v) is 5.46. The summed E-state index contributed by atoms with van der Waals surface area (Å²) >= 11 is 0. The van der Waals surface area contributed by atoms with Gasteiger partial charge in [0.1, 0.15) is 11.7 Å². The summed E-state index contributed by atoms with van der Waals surface area (Å²) in [6, 6.07) is 0. The third-order valence-corrected chi connectivity index (χ3v) is 2.37. The number of nitrogens with one attached hydrogen (secondary N) is 2. The summed E-state index contributed by atoms with van der Waals surface area (Å²) in [5.74, 6) is 5.96. The number of piperazine rings is 1. The van der Waals surface area contributed by atoms with Gasteiger partial charge in [-0.15, -0.1) is 0 Å². The molecule has 0 amide bonds. The molecule has 1 aliphatic rings. The standard InChI is InChI=1S/C11H20N6/c1-9(17-7-5-14-6-8-17)3-4-11(16-13)15-10(2)12/h3-4,14H,1-2,5-8,12-13H2,(H,15,16)/b4-3-. The predicted molar refractivity (Wildman–Crippen MR) is 70.8 cm³/mol. The number of aliphatic imine (C=N–C) groups is 1. The summed E-state index contributed by atoms with van der Waals surface area (Å²) in [6.07, 6.45) is 3.58. The Hall–Kier alpha value is -1.79. The average Bonchev–Trinajstić information content (AvgIpc) is 2.34. The zero-order valence-electron chi connectivity index (χ0n) is 9.95. The first-order valence-electron chi connectivity index (χ1n) is 5.46. The summed E-state index contributed by atoms with van der Waals surface area (Å²) in [6.45, 7) is 11.3. The summed E-state index contributed by atoms with van der Waals surface area (Å²) < 4.78 is 0. The maximum Gasteiger partial charge on any atom is 0.142 e. The highest BCUT2D eigenvalue weighted by molar-refractivity contribution is 5.93. The predicted octanol–water partition coefficient (Wildman–Crippen LogP) is -0.747. The summed E-state index contributed by atoms with van der Waals surface area (Å²) in [4.78, 5) is 6.11. The second-order valence-corrected chi connectivity index (χ2v) is 3.69. The van der Waals surface area contributed by atoms with Crippen LogP contribution in [0.4, 0.5) is 0 Å². The zero-order chi connectivity index (χ0) is 12.7. The molecule has 17 heavy (non-hydrogen) atoms. The van der Waals surface area contributed by atoms with Gasteiger partial charge < -0.3 is 21.4 Å². The number of rotatable bonds is 4. The number of hydrazine groups is 1. The SMILES string of the molecule is C=C(N)N=C(/C=C\C(=C)N1CCNCC1)NN. The maximum absolute atomic E-state index is 5.37. The minimum absolute atomic E-state index is 0.204. The molecular weight excluding hydrogens is 216 g/mol. The fourth-order valence-corrected chi connectivity index (χ4v) is 1.50. The fraction of sp³-hybridized carbons (Fsp3) is 0.364. The maximum atomic E-state index is 5.37. The quantitative estimate of drug-likeness (QED) is 0.169. The molecular formula is C11H20N6. The minimum Gasteiger partial charge on any atom is -0.384 e. The van der Waals surface area contributed by atoms with E-state index in [4.69, 9.17) is 11.6 Å². The van der Waals surface area contributed by atoms with Crippen molar-refractivity contribution >= 4 is 5.84 Å². The van der Waals surface area contributed by atoms with Gasteiger partial charge >= 0.3 is 0 Å². The number of nitrogens with two attached hydrogens (primary N) is 2. The topological polar surface area (TPSA) is 91.7 Å². The van der Waals surface area contributed by atoms with Crippen LogP contribution in [0.15, 0.2) is 41.8 Å². The highest BCUT2D eigenvalue weighted by atomic mass is 15.3. The van der Waals surface area contributed by atoms with Crippen LogP contribution in [0.2, 0.25) is 0 Å². The van der Waals surface area contributed by atoms with Crippen molar-refractivity contribution in [1.82, 2.24) is 15.6 Å². The molecule has 0 atom stereocenters. The van der Waals surface area contributed by atoms with Crippen molar-refractivity contribution in [2.45, 2.75) is 0 Å². The molecule has 1 aliphatic heterocycles. The van der Waals surface area contributed by atoms with Crippen LogP contribution in [-0.4, -0.2) is 36.9 Å². The Balaban J connectivity index is 2.56. The molecule has 1 saturated heterocycles. The lowest BCUT2D eigenvalue weighted by atomic mass is 10.3. The average molecular weight is 236 g/mol. The van der Waals surface area contributed by atoms with Gasteiger partial charge in [-0.25, -0.2) is 10.8 Å². The van der Waals surface area contributed by atoms with Gasteiger partial charge in [-0.2, -0.15) is 0 Å². The third-order valence-electron chi connectivity index (χ3n) is 2.37. The van der Waals surface area contributed by atoms with Crippen molar-refractivity contribution < 1.29 is 0 Å². The van der Waals surface area contributed by atoms with Crippen LogP contribution in [0.5, 0.6) is 0 Å². The van der Waals surface area contributed by atoms with Crippen LogP contribution in [0.1, 0.15) is 0 Å². The molecule has 0 spiro atoms. The van der Waals surface area contributed by atoms with E-state index in [1.807, 2.05) is 6.08 Å². The van der Waals surface area contributed by atoms with Gasteiger partial charge in [0, 0.05) is 31.9 Å². The molecule has 0 aromatic heterocycles. The first-order chi connectivity index (χ1) is 8.13. The number of hydrogen-bond donors (Lipinski definition) is 4. The van der Waals surface area contributed by atoms with Gasteiger partial charge in [0.15, 0.2) is 0 Å². The molecule has 6 heteroatoms. The van der Waals surface area contributed by atoms with E-state index in [0.29, 0.717) is 5.84 Å². The molecule has 0 unspecified atom stereocenters. The van der Waals surface area contributed by atoms with E-state index in [1.54, 1.807) is 6.08 Å². The largest absolute Gasteiger partial charge is 0.384 e. The number of allylic oxidation sites excluding steroid dienone is 1. The van der Waals surface area contributed by atoms with Gasteiger partial charge in [0.05, 0.1) is 0 Å². The van der Waals surface area contributed by atoms with E-state index in [1.165, 1.54) is 0 Å². The van der Waals surface area contributed by atoms with Gasteiger partial charge in [0.2, 0.25) is 0 Å². The van der Waals surface area contributed by atoms with Crippen molar-refractivity contribution in [1.29, 1.82) is 0 Å². The minimum atomic E-state index is 0.204. The van der Waals surface area contributed by atoms with Gasteiger partial charge in [-0.1, -0.05) is 13.2 Å². The smallest absolute Gasteiger partial charge is 0.142 e. The van der Waals surface area contributed by atoms with E-state index in [2.05, 4.69) is 33.8 Å². The number of hydrogen-bond acceptors (Lipinski definition) is 5. The molecule has 0 aliphatic carbocycles. The van der Waals surface area contributed by atoms with Gasteiger partial charge in [-0.05, 0) is 12.2 Å². The Morgan fingerprint density at radius 2 is 1.94 bits per heavy atom. The second-order valence-electron chi connectivity index (χ2n) is 3.69. The Bertz CT molecular complexity index is 338. The normalized spacial score (nSPS) is 17.2. The van der Waals surface area contributed by atoms with Crippen molar-refractivity contribution in [2.75, 3.05) is 26.2 Å². The van der Waals surface area contributed by atoms with Crippen LogP contribution in [0, 0.1) is 0 Å². The lowest BCUT2D eigenvalue weighted by Crippen LogP contribution is -2.42. The molecule has 94 valence electrons. The highest BCUT2D eigenvalue weighted by Gasteiger charge is 2.08. The van der Waals surface area contributed by atoms with Crippen LogP contribution in [0.25, 0.3) is 0 Å². The number of nitrogens with zero attached hydrogens (tertiary/aromatic N) is 2. The molecule has 0 aromatic rings. The van der Waals surface area contributed by atoms with Crippen LogP contribution in [0.3, 0.4) is 0 Å². The molecule has 0 radical (unpaired) electrons. The fourth-order valence-electron chi connectivity index (χ4n) is 1.50. The van der Waals surface area contributed by atoms with Crippen molar-refractivity contribution in [3.8, 4) is 0 Å². The Morgan fingerprint density at radius 3 is 2.47 bits per heavy atom. The van der Waals surface area contributed by atoms with Crippen molar-refractivity contribution in [2.24, 2.45) is 16.6 Å². The molecule has 0 aromatic carbocycles.